The fraction of sp³-hybridized carbons (Fsp3) is 0.579. The fourth-order valence-electron chi connectivity index (χ4n) is 3.95. The van der Waals surface area contributed by atoms with E-state index in [0.29, 0.717) is 17.6 Å². The highest BCUT2D eigenvalue weighted by Crippen LogP contribution is 2.27. The molecule has 7 nitrogen and oxygen atoms in total. The van der Waals surface area contributed by atoms with E-state index in [0.717, 1.165) is 44.6 Å². The molecule has 0 aromatic carbocycles. The highest BCUT2D eigenvalue weighted by Gasteiger charge is 2.21. The molecule has 1 saturated heterocycles. The minimum absolute atomic E-state index is 0.194. The lowest BCUT2D eigenvalue weighted by Crippen LogP contribution is -2.32. The highest BCUT2D eigenvalue weighted by molar-refractivity contribution is 6.06. The van der Waals surface area contributed by atoms with Gasteiger partial charge in [-0.1, -0.05) is 19.3 Å². The van der Waals surface area contributed by atoms with Crippen molar-refractivity contribution in [1.29, 1.82) is 0 Å². The van der Waals surface area contributed by atoms with Crippen LogP contribution in [0, 0.1) is 0 Å². The summed E-state index contributed by atoms with van der Waals surface area (Å²) in [6.07, 6.45) is 13.1. The zero-order valence-electron chi connectivity index (χ0n) is 15.1. The minimum atomic E-state index is -0.194. The maximum atomic E-state index is 12.8. The Balaban J connectivity index is 1.47. The van der Waals surface area contributed by atoms with Crippen molar-refractivity contribution in [3.63, 3.8) is 0 Å². The van der Waals surface area contributed by atoms with Gasteiger partial charge in [0.15, 0.2) is 0 Å². The van der Waals surface area contributed by atoms with Crippen molar-refractivity contribution >= 4 is 17.7 Å². The molecule has 0 unspecified atom stereocenters. The molecule has 2 aliphatic rings. The summed E-state index contributed by atoms with van der Waals surface area (Å²) in [5, 5.41) is 7.33. The van der Waals surface area contributed by atoms with Crippen LogP contribution in [0.3, 0.4) is 0 Å². The normalized spacial score (nSPS) is 18.7. The average molecular weight is 354 g/mol. The SMILES string of the molecule is O=C(Nc1ncn(C2CCCCC2)n1)c1cccnc1N1CCCCC1. The number of aromatic nitrogens is 4. The Morgan fingerprint density at radius 1 is 1.04 bits per heavy atom. The number of nitrogens with zero attached hydrogens (tertiary/aromatic N) is 5. The first-order chi connectivity index (χ1) is 12.8. The smallest absolute Gasteiger partial charge is 0.261 e. The van der Waals surface area contributed by atoms with Gasteiger partial charge in [-0.3, -0.25) is 10.1 Å². The van der Waals surface area contributed by atoms with E-state index >= 15 is 0 Å². The van der Waals surface area contributed by atoms with E-state index in [1.165, 1.54) is 25.7 Å². The van der Waals surface area contributed by atoms with Crippen LogP contribution in [0.15, 0.2) is 24.7 Å². The molecule has 2 fully saturated rings. The monoisotopic (exact) mass is 354 g/mol. The van der Waals surface area contributed by atoms with Crippen LogP contribution >= 0.6 is 0 Å². The number of carbonyl (C=O) groups excluding carboxylic acids is 1. The van der Waals surface area contributed by atoms with Gasteiger partial charge in [0.25, 0.3) is 5.91 Å². The number of hydrogen-bond acceptors (Lipinski definition) is 5. The number of piperidine rings is 1. The quantitative estimate of drug-likeness (QED) is 0.910. The molecule has 1 saturated carbocycles. The molecule has 2 aromatic rings. The zero-order chi connectivity index (χ0) is 17.8. The molecule has 4 rings (SSSR count). The van der Waals surface area contributed by atoms with Crippen molar-refractivity contribution < 1.29 is 4.79 Å². The Kier molecular flexibility index (Phi) is 5.13. The number of nitrogens with one attached hydrogen (secondary N) is 1. The Morgan fingerprint density at radius 3 is 2.62 bits per heavy atom. The third-order valence-corrected chi connectivity index (χ3v) is 5.37. The molecule has 1 amide bonds. The molecule has 7 heteroatoms. The fourth-order valence-corrected chi connectivity index (χ4v) is 3.95. The first kappa shape index (κ1) is 17.0. The van der Waals surface area contributed by atoms with E-state index in [9.17, 15) is 4.79 Å². The largest absolute Gasteiger partial charge is 0.356 e. The Hall–Kier alpha value is -2.44. The molecule has 1 N–H and O–H groups in total. The van der Waals surface area contributed by atoms with Crippen molar-refractivity contribution in [2.75, 3.05) is 23.3 Å². The predicted octanol–water partition coefficient (Wildman–Crippen LogP) is 3.42. The van der Waals surface area contributed by atoms with Crippen LogP contribution in [-0.4, -0.2) is 38.7 Å². The number of hydrogen-bond donors (Lipinski definition) is 1. The van der Waals surface area contributed by atoms with Gasteiger partial charge in [0.2, 0.25) is 5.95 Å². The highest BCUT2D eigenvalue weighted by atomic mass is 16.1. The summed E-state index contributed by atoms with van der Waals surface area (Å²) in [7, 11) is 0. The number of pyridine rings is 1. The summed E-state index contributed by atoms with van der Waals surface area (Å²) in [5.41, 5.74) is 0.586. The third kappa shape index (κ3) is 3.71. The summed E-state index contributed by atoms with van der Waals surface area (Å²) in [6.45, 7) is 1.90. The van der Waals surface area contributed by atoms with Crippen LogP contribution in [0.25, 0.3) is 0 Å². The van der Waals surface area contributed by atoms with Crippen LogP contribution < -0.4 is 10.2 Å². The zero-order valence-corrected chi connectivity index (χ0v) is 15.1. The van der Waals surface area contributed by atoms with Gasteiger partial charge in [0.05, 0.1) is 11.6 Å². The van der Waals surface area contributed by atoms with E-state index in [1.807, 2.05) is 10.7 Å². The summed E-state index contributed by atoms with van der Waals surface area (Å²) in [4.78, 5) is 23.7. The molecule has 1 aliphatic carbocycles. The second kappa shape index (κ2) is 7.85. The Bertz CT molecular complexity index is 746. The molecular formula is C19H26N6O. The Labute approximate surface area is 153 Å². The molecule has 3 heterocycles. The summed E-state index contributed by atoms with van der Waals surface area (Å²) >= 11 is 0. The van der Waals surface area contributed by atoms with Crippen LogP contribution in [0.1, 0.15) is 67.8 Å². The maximum absolute atomic E-state index is 12.8. The average Bonchev–Trinajstić information content (AvgIpc) is 3.18. The van der Waals surface area contributed by atoms with Crippen molar-refractivity contribution in [2.24, 2.45) is 0 Å². The lowest BCUT2D eigenvalue weighted by atomic mass is 9.96. The van der Waals surface area contributed by atoms with E-state index in [-0.39, 0.29) is 5.91 Å². The molecular weight excluding hydrogens is 328 g/mol. The van der Waals surface area contributed by atoms with E-state index < -0.39 is 0 Å². The second-order valence-electron chi connectivity index (χ2n) is 7.22. The topological polar surface area (TPSA) is 75.9 Å². The van der Waals surface area contributed by atoms with Crippen LogP contribution in [-0.2, 0) is 0 Å². The number of anilines is 2. The van der Waals surface area contributed by atoms with E-state index in [4.69, 9.17) is 0 Å². The number of carbonyl (C=O) groups is 1. The molecule has 0 bridgehead atoms. The van der Waals surface area contributed by atoms with Crippen molar-refractivity contribution in [1.82, 2.24) is 19.7 Å². The third-order valence-electron chi connectivity index (χ3n) is 5.37. The molecule has 0 atom stereocenters. The van der Waals surface area contributed by atoms with Crippen LogP contribution in [0.2, 0.25) is 0 Å². The predicted molar refractivity (Wildman–Crippen MR) is 100 cm³/mol. The van der Waals surface area contributed by atoms with Gasteiger partial charge >= 0.3 is 0 Å². The van der Waals surface area contributed by atoms with Gasteiger partial charge in [-0.15, -0.1) is 5.10 Å². The number of amides is 1. The van der Waals surface area contributed by atoms with Gasteiger partial charge in [0.1, 0.15) is 12.1 Å². The lowest BCUT2D eigenvalue weighted by Gasteiger charge is -2.28. The maximum Gasteiger partial charge on any atom is 0.261 e. The summed E-state index contributed by atoms with van der Waals surface area (Å²) < 4.78 is 1.91. The molecule has 138 valence electrons. The van der Waals surface area contributed by atoms with Gasteiger partial charge in [0, 0.05) is 19.3 Å². The van der Waals surface area contributed by atoms with Gasteiger partial charge in [-0.25, -0.2) is 14.6 Å². The first-order valence-electron chi connectivity index (χ1n) is 9.74. The van der Waals surface area contributed by atoms with Crippen molar-refractivity contribution in [3.05, 3.63) is 30.2 Å². The molecule has 0 radical (unpaired) electrons. The first-order valence-corrected chi connectivity index (χ1v) is 9.74. The molecule has 2 aromatic heterocycles. The summed E-state index contributed by atoms with van der Waals surface area (Å²) in [5.74, 6) is 0.936. The van der Waals surface area contributed by atoms with E-state index in [1.54, 1.807) is 18.6 Å². The lowest BCUT2D eigenvalue weighted by molar-refractivity contribution is 0.102. The van der Waals surface area contributed by atoms with Crippen LogP contribution in [0.5, 0.6) is 0 Å². The molecule has 0 spiro atoms. The minimum Gasteiger partial charge on any atom is -0.356 e. The molecule has 1 aliphatic heterocycles. The van der Waals surface area contributed by atoms with Gasteiger partial charge < -0.3 is 4.90 Å². The van der Waals surface area contributed by atoms with Crippen LogP contribution in [0.4, 0.5) is 11.8 Å². The second-order valence-corrected chi connectivity index (χ2v) is 7.22. The molecule has 26 heavy (non-hydrogen) atoms. The van der Waals surface area contributed by atoms with Crippen molar-refractivity contribution in [3.8, 4) is 0 Å². The summed E-state index contributed by atoms with van der Waals surface area (Å²) in [6, 6.07) is 4.03. The van der Waals surface area contributed by atoms with Gasteiger partial charge in [-0.2, -0.15) is 0 Å². The Morgan fingerprint density at radius 2 is 1.81 bits per heavy atom. The van der Waals surface area contributed by atoms with Gasteiger partial charge in [-0.05, 0) is 44.2 Å². The van der Waals surface area contributed by atoms with E-state index in [2.05, 4.69) is 25.3 Å². The number of rotatable bonds is 4. The van der Waals surface area contributed by atoms with Crippen molar-refractivity contribution in [2.45, 2.75) is 57.4 Å². The standard InChI is InChI=1S/C19H26N6O/c26-18(16-10-7-11-20-17(16)24-12-5-2-6-13-24)22-19-21-14-25(23-19)15-8-3-1-4-9-15/h7,10-11,14-15H,1-6,8-9,12-13H2,(H,22,23,26).